The molecular weight excluding hydrogens is 450 g/mol. The monoisotopic (exact) mass is 473 g/mol. The van der Waals surface area contributed by atoms with Gasteiger partial charge >= 0.3 is 0 Å². The summed E-state index contributed by atoms with van der Waals surface area (Å²) in [6.07, 6.45) is 3.49. The fourth-order valence-corrected chi connectivity index (χ4v) is 5.13. The molecule has 0 unspecified atom stereocenters. The molecule has 0 saturated heterocycles. The van der Waals surface area contributed by atoms with Gasteiger partial charge in [-0.1, -0.05) is 24.3 Å². The van der Waals surface area contributed by atoms with Crippen LogP contribution in [0.1, 0.15) is 27.9 Å². The van der Waals surface area contributed by atoms with Crippen molar-refractivity contribution in [3.8, 4) is 22.9 Å². The molecule has 7 heteroatoms. The van der Waals surface area contributed by atoms with Crippen LogP contribution in [0.5, 0.6) is 5.75 Å². The van der Waals surface area contributed by atoms with Crippen molar-refractivity contribution in [2.45, 2.75) is 12.1 Å². The highest BCUT2D eigenvalue weighted by Gasteiger charge is 2.36. The molecule has 3 heterocycles. The van der Waals surface area contributed by atoms with Gasteiger partial charge in [-0.25, -0.2) is 4.98 Å². The van der Waals surface area contributed by atoms with Crippen molar-refractivity contribution >= 4 is 10.9 Å². The Morgan fingerprint density at radius 3 is 2.64 bits per heavy atom. The second kappa shape index (κ2) is 7.94. The van der Waals surface area contributed by atoms with Crippen molar-refractivity contribution < 1.29 is 4.74 Å². The van der Waals surface area contributed by atoms with E-state index < -0.39 is 5.54 Å². The van der Waals surface area contributed by atoms with Crippen LogP contribution in [0.3, 0.4) is 0 Å². The highest BCUT2D eigenvalue weighted by atomic mass is 16.5. The van der Waals surface area contributed by atoms with Crippen LogP contribution in [0.2, 0.25) is 0 Å². The fraction of sp³-hybridized carbons (Fsp3) is 0.138. The van der Waals surface area contributed by atoms with E-state index in [9.17, 15) is 10.1 Å². The van der Waals surface area contributed by atoms with Crippen molar-refractivity contribution in [3.05, 3.63) is 118 Å². The molecule has 0 amide bonds. The van der Waals surface area contributed by atoms with Crippen LogP contribution in [0.25, 0.3) is 22.0 Å². The van der Waals surface area contributed by atoms with Gasteiger partial charge in [-0.05, 0) is 58.7 Å². The fourth-order valence-electron chi connectivity index (χ4n) is 5.13. The Hall–Kier alpha value is -4.67. The summed E-state index contributed by atoms with van der Waals surface area (Å²) in [6, 6.07) is 23.2. The summed E-state index contributed by atoms with van der Waals surface area (Å²) in [5.41, 5.74) is 12.3. The predicted octanol–water partition coefficient (Wildman–Crippen LogP) is 3.95. The van der Waals surface area contributed by atoms with Gasteiger partial charge in [-0.2, -0.15) is 5.26 Å². The molecule has 0 radical (unpaired) electrons. The van der Waals surface area contributed by atoms with Crippen LogP contribution in [0.15, 0.2) is 84.0 Å². The first kappa shape index (κ1) is 21.8. The minimum absolute atomic E-state index is 0.100. The smallest absolute Gasteiger partial charge is 0.251 e. The Labute approximate surface area is 207 Å². The number of nitrogens with two attached hydrogens (primary N) is 1. The molecule has 0 saturated carbocycles. The van der Waals surface area contributed by atoms with Gasteiger partial charge in [0.05, 0.1) is 35.4 Å². The number of rotatable bonds is 1. The van der Waals surface area contributed by atoms with Crippen molar-refractivity contribution in [2.24, 2.45) is 19.8 Å². The standard InChI is InChI=1S/C29H23N5O2/c1-33-17-32-15-27(33)29(31)21-7-6-19(14-30)20(10-21)16-36-23-5-3-4-18(11-23)24-13-28(35)34(2)26-9-8-22(29)12-25(24)26/h3-13,15,17H,16,31H2,1-2H3/t29-/m1/s1. The van der Waals surface area contributed by atoms with Gasteiger partial charge in [0.1, 0.15) is 17.9 Å². The van der Waals surface area contributed by atoms with E-state index in [2.05, 4.69) is 17.1 Å². The number of nitriles is 1. The maximum Gasteiger partial charge on any atom is 0.251 e. The minimum Gasteiger partial charge on any atom is -0.489 e. The van der Waals surface area contributed by atoms with Gasteiger partial charge in [0.25, 0.3) is 5.56 Å². The van der Waals surface area contributed by atoms with Gasteiger partial charge in [0.15, 0.2) is 0 Å². The predicted molar refractivity (Wildman–Crippen MR) is 137 cm³/mol. The largest absolute Gasteiger partial charge is 0.489 e. The molecule has 5 aromatic rings. The highest BCUT2D eigenvalue weighted by Crippen LogP contribution is 2.39. The molecule has 2 aromatic heterocycles. The molecule has 3 aromatic carbocycles. The molecule has 176 valence electrons. The van der Waals surface area contributed by atoms with Crippen LogP contribution in [-0.2, 0) is 26.2 Å². The van der Waals surface area contributed by atoms with E-state index in [1.54, 1.807) is 36.3 Å². The van der Waals surface area contributed by atoms with E-state index in [1.807, 2.05) is 60.1 Å². The number of imidazole rings is 1. The number of pyridine rings is 1. The quantitative estimate of drug-likeness (QED) is 0.397. The lowest BCUT2D eigenvalue weighted by Gasteiger charge is -2.32. The lowest BCUT2D eigenvalue weighted by molar-refractivity contribution is 0.306. The number of aromatic nitrogens is 3. The van der Waals surface area contributed by atoms with E-state index >= 15 is 0 Å². The third-order valence-corrected chi connectivity index (χ3v) is 7.14. The molecule has 0 fully saturated rings. The summed E-state index contributed by atoms with van der Waals surface area (Å²) in [7, 11) is 3.68. The Balaban J connectivity index is 1.77. The van der Waals surface area contributed by atoms with Gasteiger partial charge in [-0.15, -0.1) is 0 Å². The molecule has 1 aliphatic rings. The highest BCUT2D eigenvalue weighted by molar-refractivity contribution is 5.95. The zero-order valence-electron chi connectivity index (χ0n) is 19.9. The van der Waals surface area contributed by atoms with Gasteiger partial charge in [-0.3, -0.25) is 4.79 Å². The first-order valence-electron chi connectivity index (χ1n) is 11.6. The van der Waals surface area contributed by atoms with Crippen LogP contribution in [0.4, 0.5) is 0 Å². The lowest BCUT2D eigenvalue weighted by Crippen LogP contribution is -2.41. The van der Waals surface area contributed by atoms with E-state index in [0.29, 0.717) is 11.3 Å². The number of nitrogens with zero attached hydrogens (tertiary/aromatic N) is 4. The maximum absolute atomic E-state index is 12.9. The molecule has 6 rings (SSSR count). The molecule has 6 bridgehead atoms. The van der Waals surface area contributed by atoms with E-state index in [1.165, 1.54) is 0 Å². The van der Waals surface area contributed by atoms with E-state index in [0.717, 1.165) is 44.4 Å². The molecule has 1 atom stereocenters. The molecule has 36 heavy (non-hydrogen) atoms. The molecular formula is C29H23N5O2. The Bertz CT molecular complexity index is 1780. The summed E-state index contributed by atoms with van der Waals surface area (Å²) in [6.45, 7) is 0.200. The molecule has 2 N–H and O–H groups in total. The van der Waals surface area contributed by atoms with Crippen molar-refractivity contribution in [3.63, 3.8) is 0 Å². The number of fused-ring (bicyclic) bond motifs is 6. The number of aryl methyl sites for hydroxylation is 2. The Morgan fingerprint density at radius 1 is 1.06 bits per heavy atom. The van der Waals surface area contributed by atoms with Crippen LogP contribution >= 0.6 is 0 Å². The zero-order valence-corrected chi connectivity index (χ0v) is 19.9. The zero-order chi connectivity index (χ0) is 25.0. The van der Waals surface area contributed by atoms with Crippen molar-refractivity contribution in [1.29, 1.82) is 5.26 Å². The maximum atomic E-state index is 12.9. The summed E-state index contributed by atoms with van der Waals surface area (Å²) in [5, 5.41) is 10.7. The van der Waals surface area contributed by atoms with Gasteiger partial charge < -0.3 is 19.6 Å². The second-order valence-electron chi connectivity index (χ2n) is 9.19. The molecule has 0 spiro atoms. The van der Waals surface area contributed by atoms with Crippen molar-refractivity contribution in [2.75, 3.05) is 0 Å². The van der Waals surface area contributed by atoms with E-state index in [-0.39, 0.29) is 12.2 Å². The third-order valence-electron chi connectivity index (χ3n) is 7.14. The number of hydrogen-bond acceptors (Lipinski definition) is 5. The average Bonchev–Trinajstić information content (AvgIpc) is 3.34. The summed E-state index contributed by atoms with van der Waals surface area (Å²) >= 11 is 0. The number of hydrogen-bond donors (Lipinski definition) is 1. The van der Waals surface area contributed by atoms with Gasteiger partial charge in [0.2, 0.25) is 0 Å². The first-order chi connectivity index (χ1) is 17.4. The number of benzene rings is 3. The van der Waals surface area contributed by atoms with Gasteiger partial charge in [0, 0.05) is 31.1 Å². The Morgan fingerprint density at radius 2 is 1.86 bits per heavy atom. The second-order valence-corrected chi connectivity index (χ2v) is 9.19. The molecule has 7 nitrogen and oxygen atoms in total. The lowest BCUT2D eigenvalue weighted by atomic mass is 9.79. The SMILES string of the molecule is Cn1cncc1[C@@]1(N)c2ccc(C#N)c(c2)COc2cccc(c2)-c2cc(=O)n(C)c3ccc1cc23. The summed E-state index contributed by atoms with van der Waals surface area (Å²) in [5.74, 6) is 0.650. The Kier molecular flexibility index (Phi) is 4.82. The minimum atomic E-state index is -1.08. The topological polar surface area (TPSA) is 98.9 Å². The summed E-state index contributed by atoms with van der Waals surface area (Å²) in [4.78, 5) is 17.2. The third kappa shape index (κ3) is 3.16. The summed E-state index contributed by atoms with van der Waals surface area (Å²) < 4.78 is 9.69. The van der Waals surface area contributed by atoms with Crippen LogP contribution in [-0.4, -0.2) is 14.1 Å². The normalized spacial score (nSPS) is 16.5. The van der Waals surface area contributed by atoms with Crippen LogP contribution in [0, 0.1) is 11.3 Å². The molecule has 1 aliphatic heterocycles. The van der Waals surface area contributed by atoms with Crippen LogP contribution < -0.4 is 16.0 Å². The first-order valence-corrected chi connectivity index (χ1v) is 11.6. The molecule has 0 aliphatic carbocycles. The van der Waals surface area contributed by atoms with Crippen molar-refractivity contribution in [1.82, 2.24) is 14.1 Å². The number of ether oxygens (including phenoxy) is 1. The van der Waals surface area contributed by atoms with E-state index in [4.69, 9.17) is 10.5 Å². The average molecular weight is 474 g/mol.